The topological polar surface area (TPSA) is 65.2 Å². The molecular weight excluding hydrogens is 260 g/mol. The molecule has 0 radical (unpaired) electrons. The Morgan fingerprint density at radius 2 is 2.16 bits per heavy atom. The first kappa shape index (κ1) is 13.7. The van der Waals surface area contributed by atoms with Crippen molar-refractivity contribution >= 4 is 17.3 Å². The van der Waals surface area contributed by atoms with E-state index in [9.17, 15) is 4.79 Å². The van der Waals surface area contributed by atoms with Crippen LogP contribution in [0.25, 0.3) is 10.6 Å². The summed E-state index contributed by atoms with van der Waals surface area (Å²) < 4.78 is 5.02. The van der Waals surface area contributed by atoms with Gasteiger partial charge in [0.15, 0.2) is 0 Å². The maximum absolute atomic E-state index is 11.8. The van der Waals surface area contributed by atoms with Crippen LogP contribution in [0.3, 0.4) is 0 Å². The van der Waals surface area contributed by atoms with Gasteiger partial charge in [0.1, 0.15) is 9.88 Å². The van der Waals surface area contributed by atoms with Gasteiger partial charge in [0, 0.05) is 12.1 Å². The highest BCUT2D eigenvalue weighted by molar-refractivity contribution is 7.17. The first-order valence-electron chi connectivity index (χ1n) is 6.10. The lowest BCUT2D eigenvalue weighted by molar-refractivity contribution is 0.0531. The molecule has 4 nitrogen and oxygen atoms in total. The maximum atomic E-state index is 11.8. The summed E-state index contributed by atoms with van der Waals surface area (Å²) in [5.41, 5.74) is 8.43. The van der Waals surface area contributed by atoms with Gasteiger partial charge >= 0.3 is 5.97 Å². The number of rotatable bonds is 4. The molecule has 1 aromatic heterocycles. The fraction of sp³-hybridized carbons (Fsp3) is 0.286. The lowest BCUT2D eigenvalue weighted by atomic mass is 10.1. The second kappa shape index (κ2) is 5.95. The van der Waals surface area contributed by atoms with Gasteiger partial charge < -0.3 is 10.5 Å². The first-order chi connectivity index (χ1) is 9.17. The summed E-state index contributed by atoms with van der Waals surface area (Å²) >= 11 is 1.35. The van der Waals surface area contributed by atoms with E-state index < -0.39 is 0 Å². The Hall–Kier alpha value is -1.72. The number of benzene rings is 1. The van der Waals surface area contributed by atoms with Gasteiger partial charge in [-0.1, -0.05) is 24.3 Å². The number of nitrogens with zero attached hydrogens (tertiary/aromatic N) is 1. The van der Waals surface area contributed by atoms with Crippen molar-refractivity contribution in [1.82, 2.24) is 4.98 Å². The van der Waals surface area contributed by atoms with Gasteiger partial charge in [-0.2, -0.15) is 0 Å². The van der Waals surface area contributed by atoms with Crippen LogP contribution in [-0.2, 0) is 11.3 Å². The third-order valence-electron chi connectivity index (χ3n) is 2.73. The van der Waals surface area contributed by atoms with Crippen LogP contribution in [0.2, 0.25) is 0 Å². The number of aromatic nitrogens is 1. The quantitative estimate of drug-likeness (QED) is 0.872. The molecule has 0 saturated heterocycles. The predicted octanol–water partition coefficient (Wildman–Crippen LogP) is 2.75. The highest BCUT2D eigenvalue weighted by atomic mass is 32.1. The third-order valence-corrected chi connectivity index (χ3v) is 3.90. The summed E-state index contributed by atoms with van der Waals surface area (Å²) in [4.78, 5) is 16.8. The average molecular weight is 276 g/mol. The summed E-state index contributed by atoms with van der Waals surface area (Å²) in [6.07, 6.45) is 0. The molecule has 1 aromatic carbocycles. The van der Waals surface area contributed by atoms with Gasteiger partial charge in [-0.05, 0) is 19.4 Å². The highest BCUT2D eigenvalue weighted by Gasteiger charge is 2.18. The summed E-state index contributed by atoms with van der Waals surface area (Å²) in [7, 11) is 0. The van der Waals surface area contributed by atoms with Crippen molar-refractivity contribution in [3.8, 4) is 10.6 Å². The van der Waals surface area contributed by atoms with Crippen LogP contribution in [0, 0.1) is 6.92 Å². The molecule has 2 rings (SSSR count). The van der Waals surface area contributed by atoms with Crippen LogP contribution in [-0.4, -0.2) is 17.6 Å². The molecule has 5 heteroatoms. The van der Waals surface area contributed by atoms with E-state index in [0.29, 0.717) is 23.7 Å². The van der Waals surface area contributed by atoms with E-state index in [-0.39, 0.29) is 5.97 Å². The van der Waals surface area contributed by atoms with E-state index in [1.807, 2.05) is 31.2 Å². The lowest BCUT2D eigenvalue weighted by Gasteiger charge is -2.03. The molecule has 0 aliphatic carbocycles. The fourth-order valence-corrected chi connectivity index (χ4v) is 2.83. The lowest BCUT2D eigenvalue weighted by Crippen LogP contribution is -2.03. The number of ether oxygens (including phenoxy) is 1. The number of hydrogen-bond donors (Lipinski definition) is 1. The van der Waals surface area contributed by atoms with Crippen molar-refractivity contribution in [3.63, 3.8) is 0 Å². The Labute approximate surface area is 116 Å². The maximum Gasteiger partial charge on any atom is 0.350 e. The van der Waals surface area contributed by atoms with Gasteiger partial charge in [-0.15, -0.1) is 11.3 Å². The monoisotopic (exact) mass is 276 g/mol. The van der Waals surface area contributed by atoms with Crippen LogP contribution in [0.4, 0.5) is 0 Å². The molecule has 2 N–H and O–H groups in total. The minimum absolute atomic E-state index is 0.311. The van der Waals surface area contributed by atoms with E-state index >= 15 is 0 Å². The second-order valence-electron chi connectivity index (χ2n) is 4.02. The summed E-state index contributed by atoms with van der Waals surface area (Å²) in [5, 5.41) is 0.807. The number of nitrogens with two attached hydrogens (primary N) is 1. The number of carbonyl (C=O) groups excluding carboxylic acids is 1. The molecule has 2 aromatic rings. The molecule has 0 bridgehead atoms. The van der Waals surface area contributed by atoms with Gasteiger partial charge in [0.2, 0.25) is 0 Å². The zero-order valence-corrected chi connectivity index (χ0v) is 11.8. The summed E-state index contributed by atoms with van der Waals surface area (Å²) in [6.45, 7) is 4.42. The van der Waals surface area contributed by atoms with Crippen LogP contribution in [0.5, 0.6) is 0 Å². The van der Waals surface area contributed by atoms with E-state index in [1.54, 1.807) is 6.92 Å². The SMILES string of the molecule is CCOC(=O)c1sc(-c2ccccc2CN)nc1C. The zero-order chi connectivity index (χ0) is 13.8. The van der Waals surface area contributed by atoms with Gasteiger partial charge in [0.05, 0.1) is 12.3 Å². The van der Waals surface area contributed by atoms with Crippen molar-refractivity contribution in [1.29, 1.82) is 0 Å². The van der Waals surface area contributed by atoms with Gasteiger partial charge in [-0.25, -0.2) is 9.78 Å². The molecular formula is C14H16N2O2S. The van der Waals surface area contributed by atoms with Gasteiger partial charge in [-0.3, -0.25) is 0 Å². The van der Waals surface area contributed by atoms with Crippen molar-refractivity contribution in [3.05, 3.63) is 40.4 Å². The molecule has 1 heterocycles. The second-order valence-corrected chi connectivity index (χ2v) is 5.01. The smallest absolute Gasteiger partial charge is 0.350 e. The first-order valence-corrected chi connectivity index (χ1v) is 6.92. The molecule has 0 aliphatic heterocycles. The molecule has 100 valence electrons. The number of thiazole rings is 1. The molecule has 0 atom stereocenters. The van der Waals surface area contributed by atoms with E-state index in [0.717, 1.165) is 16.1 Å². The molecule has 0 amide bonds. The third kappa shape index (κ3) is 2.83. The molecule has 0 saturated carbocycles. The zero-order valence-electron chi connectivity index (χ0n) is 11.0. The largest absolute Gasteiger partial charge is 0.462 e. The van der Waals surface area contributed by atoms with E-state index in [4.69, 9.17) is 10.5 Å². The molecule has 0 fully saturated rings. The van der Waals surface area contributed by atoms with Crippen molar-refractivity contribution in [2.45, 2.75) is 20.4 Å². The van der Waals surface area contributed by atoms with Crippen molar-refractivity contribution in [2.75, 3.05) is 6.61 Å². The van der Waals surface area contributed by atoms with E-state index in [2.05, 4.69) is 4.98 Å². The molecule has 0 spiro atoms. The molecule has 19 heavy (non-hydrogen) atoms. The highest BCUT2D eigenvalue weighted by Crippen LogP contribution is 2.30. The minimum atomic E-state index is -0.311. The number of hydrogen-bond acceptors (Lipinski definition) is 5. The Kier molecular flexibility index (Phi) is 4.29. The van der Waals surface area contributed by atoms with E-state index in [1.165, 1.54) is 11.3 Å². The van der Waals surface area contributed by atoms with Crippen LogP contribution >= 0.6 is 11.3 Å². The fourth-order valence-electron chi connectivity index (χ4n) is 1.80. The Bertz CT molecular complexity index is 593. The number of esters is 1. The Morgan fingerprint density at radius 3 is 2.84 bits per heavy atom. The van der Waals surface area contributed by atoms with Gasteiger partial charge in [0.25, 0.3) is 0 Å². The standard InChI is InChI=1S/C14H16N2O2S/c1-3-18-14(17)12-9(2)16-13(19-12)11-7-5-4-6-10(11)8-15/h4-7H,3,8,15H2,1-2H3. The molecule has 0 aliphatic rings. The predicted molar refractivity (Wildman–Crippen MR) is 76.1 cm³/mol. The summed E-state index contributed by atoms with van der Waals surface area (Å²) in [6, 6.07) is 7.82. The number of carbonyl (C=O) groups is 1. The van der Waals surface area contributed by atoms with Crippen molar-refractivity contribution < 1.29 is 9.53 Å². The summed E-state index contributed by atoms with van der Waals surface area (Å²) in [5.74, 6) is -0.311. The normalized spacial score (nSPS) is 10.5. The molecule has 0 unspecified atom stereocenters. The Balaban J connectivity index is 2.42. The van der Waals surface area contributed by atoms with Crippen LogP contribution in [0.1, 0.15) is 27.9 Å². The average Bonchev–Trinajstić information content (AvgIpc) is 2.81. The van der Waals surface area contributed by atoms with Crippen LogP contribution in [0.15, 0.2) is 24.3 Å². The van der Waals surface area contributed by atoms with Crippen molar-refractivity contribution in [2.24, 2.45) is 5.73 Å². The van der Waals surface area contributed by atoms with Crippen LogP contribution < -0.4 is 5.73 Å². The Morgan fingerprint density at radius 1 is 1.42 bits per heavy atom. The minimum Gasteiger partial charge on any atom is -0.462 e. The number of aryl methyl sites for hydroxylation is 1.